The highest BCUT2D eigenvalue weighted by Gasteiger charge is 2.52. The van der Waals surface area contributed by atoms with Gasteiger partial charge in [0, 0.05) is 23.0 Å². The van der Waals surface area contributed by atoms with Crippen LogP contribution >= 0.6 is 11.6 Å². The number of nitrogens with zero attached hydrogens (tertiary/aromatic N) is 1. The average Bonchev–Trinajstić information content (AvgIpc) is 3.56. The molecule has 2 heterocycles. The molecule has 1 aliphatic carbocycles. The van der Waals surface area contributed by atoms with Gasteiger partial charge < -0.3 is 15.0 Å². The van der Waals surface area contributed by atoms with Crippen molar-refractivity contribution in [3.05, 3.63) is 88.6 Å². The highest BCUT2D eigenvalue weighted by atomic mass is 35.5. The molecule has 0 radical (unpaired) electrons. The van der Waals surface area contributed by atoms with Crippen molar-refractivity contribution in [1.82, 2.24) is 10.2 Å². The maximum absolute atomic E-state index is 6.13. The Morgan fingerprint density at radius 1 is 1.10 bits per heavy atom. The predicted octanol–water partition coefficient (Wildman–Crippen LogP) is 5.02. The van der Waals surface area contributed by atoms with Crippen molar-refractivity contribution >= 4 is 11.6 Å². The number of hydrogen-bond acceptors (Lipinski definition) is 3. The molecule has 1 unspecified atom stereocenters. The van der Waals surface area contributed by atoms with Crippen molar-refractivity contribution < 1.29 is 4.74 Å². The van der Waals surface area contributed by atoms with Gasteiger partial charge in [-0.2, -0.15) is 0 Å². The molecule has 3 nitrogen and oxygen atoms in total. The number of benzene rings is 2. The number of nitrogens with one attached hydrogen (secondary N) is 1. The molecule has 1 atom stereocenters. The van der Waals surface area contributed by atoms with E-state index >= 15 is 0 Å². The molecule has 5 rings (SSSR count). The summed E-state index contributed by atoms with van der Waals surface area (Å²) in [6.45, 7) is 3.58. The summed E-state index contributed by atoms with van der Waals surface area (Å²) >= 11 is 6.13. The summed E-state index contributed by atoms with van der Waals surface area (Å²) in [5.74, 6) is 0.973. The second kappa shape index (κ2) is 7.89. The third kappa shape index (κ3) is 3.82. The van der Waals surface area contributed by atoms with E-state index < -0.39 is 0 Å². The Labute approximate surface area is 178 Å². The van der Waals surface area contributed by atoms with E-state index in [0.717, 1.165) is 36.8 Å². The zero-order valence-corrected chi connectivity index (χ0v) is 17.4. The maximum Gasteiger partial charge on any atom is 0.119 e. The lowest BCUT2D eigenvalue weighted by Crippen LogP contribution is -2.37. The Hall–Kier alpha value is -2.23. The van der Waals surface area contributed by atoms with Crippen molar-refractivity contribution in [2.24, 2.45) is 0 Å². The van der Waals surface area contributed by atoms with Crippen LogP contribution in [0.4, 0.5) is 0 Å². The quantitative estimate of drug-likeness (QED) is 0.728. The molecule has 0 amide bonds. The first kappa shape index (κ1) is 18.8. The van der Waals surface area contributed by atoms with Gasteiger partial charge in [0.2, 0.25) is 0 Å². The fourth-order valence-corrected chi connectivity index (χ4v) is 4.85. The molecular formula is C25H27ClN2O. The van der Waals surface area contributed by atoms with Crippen molar-refractivity contribution in [3.63, 3.8) is 0 Å². The van der Waals surface area contributed by atoms with E-state index in [0.29, 0.717) is 12.6 Å². The Morgan fingerprint density at radius 3 is 2.72 bits per heavy atom. The van der Waals surface area contributed by atoms with Crippen LogP contribution in [0.5, 0.6) is 5.75 Å². The van der Waals surface area contributed by atoms with Crippen molar-refractivity contribution in [1.29, 1.82) is 0 Å². The van der Waals surface area contributed by atoms with Crippen LogP contribution in [0.2, 0.25) is 5.02 Å². The van der Waals surface area contributed by atoms with Crippen LogP contribution in [0.1, 0.15) is 35.6 Å². The SMILES string of the molecule is Clc1ccc(C2(C3NCCc4ccc(OCCN5C=CC=CC5)cc43)CC2)cc1. The molecule has 0 spiro atoms. The van der Waals surface area contributed by atoms with Gasteiger partial charge in [0.1, 0.15) is 12.4 Å². The van der Waals surface area contributed by atoms with Crippen LogP contribution in [0.25, 0.3) is 0 Å². The second-order valence-corrected chi connectivity index (χ2v) is 8.71. The second-order valence-electron chi connectivity index (χ2n) is 8.27. The third-order valence-corrected chi connectivity index (χ3v) is 6.71. The van der Waals surface area contributed by atoms with Gasteiger partial charge in [-0.1, -0.05) is 42.0 Å². The minimum absolute atomic E-state index is 0.184. The minimum Gasteiger partial charge on any atom is -0.492 e. The topological polar surface area (TPSA) is 24.5 Å². The number of halogens is 1. The highest BCUT2D eigenvalue weighted by Crippen LogP contribution is 2.57. The van der Waals surface area contributed by atoms with Gasteiger partial charge >= 0.3 is 0 Å². The van der Waals surface area contributed by atoms with Gasteiger partial charge in [-0.3, -0.25) is 0 Å². The van der Waals surface area contributed by atoms with Crippen LogP contribution in [-0.2, 0) is 11.8 Å². The molecule has 2 aliphatic heterocycles. The first-order valence-electron chi connectivity index (χ1n) is 10.6. The van der Waals surface area contributed by atoms with E-state index in [1.54, 1.807) is 0 Å². The van der Waals surface area contributed by atoms with Gasteiger partial charge in [-0.25, -0.2) is 0 Å². The highest BCUT2D eigenvalue weighted by molar-refractivity contribution is 6.30. The van der Waals surface area contributed by atoms with Gasteiger partial charge in [0.15, 0.2) is 0 Å². The summed E-state index contributed by atoms with van der Waals surface area (Å²) in [7, 11) is 0. The molecule has 2 aromatic carbocycles. The summed E-state index contributed by atoms with van der Waals surface area (Å²) in [4.78, 5) is 2.27. The summed E-state index contributed by atoms with van der Waals surface area (Å²) in [5, 5.41) is 4.61. The molecule has 4 heteroatoms. The summed E-state index contributed by atoms with van der Waals surface area (Å²) in [6, 6.07) is 15.4. The molecule has 0 bridgehead atoms. The largest absolute Gasteiger partial charge is 0.492 e. The van der Waals surface area contributed by atoms with Crippen molar-refractivity contribution in [3.8, 4) is 5.75 Å². The van der Waals surface area contributed by atoms with Crippen molar-refractivity contribution in [2.75, 3.05) is 26.2 Å². The molecule has 150 valence electrons. The molecular weight excluding hydrogens is 380 g/mol. The van der Waals surface area contributed by atoms with E-state index in [1.807, 2.05) is 12.1 Å². The Kier molecular flexibility index (Phi) is 5.11. The number of hydrogen-bond donors (Lipinski definition) is 1. The van der Waals surface area contributed by atoms with Gasteiger partial charge in [0.25, 0.3) is 0 Å². The van der Waals surface area contributed by atoms with E-state index in [-0.39, 0.29) is 5.41 Å². The predicted molar refractivity (Wildman–Crippen MR) is 119 cm³/mol. The Morgan fingerprint density at radius 2 is 1.97 bits per heavy atom. The van der Waals surface area contributed by atoms with Gasteiger partial charge in [-0.05, 0) is 79.0 Å². The normalized spacial score (nSPS) is 21.7. The number of ether oxygens (including phenoxy) is 1. The summed E-state index contributed by atoms with van der Waals surface area (Å²) in [6.07, 6.45) is 12.0. The van der Waals surface area contributed by atoms with Gasteiger partial charge in [0.05, 0.1) is 6.54 Å². The minimum atomic E-state index is 0.184. The van der Waals surface area contributed by atoms with E-state index in [2.05, 4.69) is 65.0 Å². The summed E-state index contributed by atoms with van der Waals surface area (Å²) in [5.41, 5.74) is 4.43. The van der Waals surface area contributed by atoms with Gasteiger partial charge in [-0.15, -0.1) is 0 Å². The van der Waals surface area contributed by atoms with Crippen molar-refractivity contribution in [2.45, 2.75) is 30.7 Å². The molecule has 3 aliphatic rings. The lowest BCUT2D eigenvalue weighted by atomic mass is 9.80. The zero-order valence-electron chi connectivity index (χ0n) is 16.6. The Bertz CT molecular complexity index is 930. The third-order valence-electron chi connectivity index (χ3n) is 6.46. The summed E-state index contributed by atoms with van der Waals surface area (Å²) < 4.78 is 6.13. The molecule has 0 aromatic heterocycles. The first-order chi connectivity index (χ1) is 14.2. The molecule has 29 heavy (non-hydrogen) atoms. The molecule has 2 aromatic rings. The number of rotatable bonds is 6. The van der Waals surface area contributed by atoms with Crippen LogP contribution < -0.4 is 10.1 Å². The van der Waals surface area contributed by atoms with Crippen LogP contribution in [0, 0.1) is 0 Å². The number of fused-ring (bicyclic) bond motifs is 1. The average molecular weight is 407 g/mol. The molecule has 1 saturated carbocycles. The molecule has 1 N–H and O–H groups in total. The zero-order chi connectivity index (χ0) is 19.7. The fraction of sp³-hybridized carbons (Fsp3) is 0.360. The van der Waals surface area contributed by atoms with E-state index in [9.17, 15) is 0 Å². The lowest BCUT2D eigenvalue weighted by molar-refractivity contribution is 0.262. The molecule has 0 saturated heterocycles. The lowest BCUT2D eigenvalue weighted by Gasteiger charge is -2.34. The monoisotopic (exact) mass is 406 g/mol. The standard InChI is InChI=1S/C25H27ClN2O/c26-21-7-5-20(6-8-21)25(11-12-25)24-23-18-22(9-4-19(23)10-13-27-24)29-17-16-28-14-2-1-3-15-28/h1-9,14,18,24,27H,10-13,15-17H2. The van der Waals surface area contributed by atoms with Crippen LogP contribution in [0.15, 0.2) is 66.9 Å². The Balaban J connectivity index is 1.34. The fourth-order valence-electron chi connectivity index (χ4n) is 4.73. The van der Waals surface area contributed by atoms with E-state index in [1.165, 1.54) is 29.5 Å². The number of allylic oxidation sites excluding steroid dienone is 2. The van der Waals surface area contributed by atoms with Crippen LogP contribution in [-0.4, -0.2) is 31.1 Å². The smallest absolute Gasteiger partial charge is 0.119 e. The first-order valence-corrected chi connectivity index (χ1v) is 10.9. The molecule has 1 fully saturated rings. The van der Waals surface area contributed by atoms with E-state index in [4.69, 9.17) is 16.3 Å². The van der Waals surface area contributed by atoms with Crippen LogP contribution in [0.3, 0.4) is 0 Å². The maximum atomic E-state index is 6.13.